The molecule has 4 nitrogen and oxygen atoms in total. The quantitative estimate of drug-likeness (QED) is 0.521. The highest BCUT2D eigenvalue weighted by atomic mass is 19.1. The van der Waals surface area contributed by atoms with E-state index >= 15 is 0 Å². The van der Waals surface area contributed by atoms with Gasteiger partial charge in [0.1, 0.15) is 19.0 Å². The number of hydrogen-bond acceptors (Lipinski definition) is 4. The summed E-state index contributed by atoms with van der Waals surface area (Å²) in [6, 6.07) is 16.8. The number of ketones is 1. The van der Waals surface area contributed by atoms with E-state index in [1.807, 2.05) is 49.4 Å². The minimum atomic E-state index is -0.451. The molecule has 0 N–H and O–H groups in total. The van der Waals surface area contributed by atoms with Crippen molar-refractivity contribution >= 4 is 5.78 Å². The molecule has 0 unspecified atom stereocenters. The van der Waals surface area contributed by atoms with Crippen LogP contribution in [-0.4, -0.2) is 26.1 Å². The van der Waals surface area contributed by atoms with Crippen LogP contribution >= 0.6 is 0 Å². The van der Waals surface area contributed by atoms with Crippen LogP contribution in [0.3, 0.4) is 0 Å². The molecule has 0 radical (unpaired) electrons. The topological polar surface area (TPSA) is 44.8 Å². The summed E-state index contributed by atoms with van der Waals surface area (Å²) >= 11 is 0. The second kappa shape index (κ2) is 7.97. The Kier molecular flexibility index (Phi) is 5.12. The molecule has 0 saturated heterocycles. The number of halogens is 1. The van der Waals surface area contributed by atoms with E-state index in [4.69, 9.17) is 14.2 Å². The summed E-state index contributed by atoms with van der Waals surface area (Å²) in [5.74, 6) is 1.46. The molecule has 2 aliphatic rings. The Morgan fingerprint density at radius 1 is 1.00 bits per heavy atom. The molecule has 0 aromatic heterocycles. The van der Waals surface area contributed by atoms with Gasteiger partial charge in [-0.15, -0.1) is 0 Å². The van der Waals surface area contributed by atoms with Crippen LogP contribution in [-0.2, 0) is 16.6 Å². The first-order chi connectivity index (χ1) is 15.5. The Morgan fingerprint density at radius 2 is 1.78 bits per heavy atom. The van der Waals surface area contributed by atoms with Crippen molar-refractivity contribution in [1.82, 2.24) is 0 Å². The molecule has 1 aliphatic carbocycles. The largest absolute Gasteiger partial charge is 0.494 e. The Labute approximate surface area is 186 Å². The molecule has 3 aromatic rings. The Bertz CT molecular complexity index is 1200. The number of hydrogen-bond donors (Lipinski definition) is 0. The van der Waals surface area contributed by atoms with Gasteiger partial charge >= 0.3 is 0 Å². The van der Waals surface area contributed by atoms with E-state index in [9.17, 15) is 9.18 Å². The fourth-order valence-electron chi connectivity index (χ4n) is 4.47. The summed E-state index contributed by atoms with van der Waals surface area (Å²) < 4.78 is 30.6. The van der Waals surface area contributed by atoms with Crippen molar-refractivity contribution in [2.24, 2.45) is 0 Å². The third kappa shape index (κ3) is 3.62. The van der Waals surface area contributed by atoms with Gasteiger partial charge in [-0.3, -0.25) is 4.79 Å². The van der Waals surface area contributed by atoms with Gasteiger partial charge in [0.15, 0.2) is 23.1 Å². The number of rotatable bonds is 6. The standard InChI is InChI=1S/C27H25FO4/c1-17-3-4-18(13-21(17)19-5-7-23(30-2)22(28)15-19)14-26(29)27(9-10-27)20-6-8-24-25(16-20)32-12-11-31-24/h3-8,13,15-16H,9-12,14H2,1-2H3. The van der Waals surface area contributed by atoms with E-state index in [1.165, 1.54) is 13.2 Å². The monoisotopic (exact) mass is 432 g/mol. The van der Waals surface area contributed by atoms with Crippen molar-refractivity contribution in [3.8, 4) is 28.4 Å². The number of Topliss-reactive ketones (excluding diaryl/α,β-unsaturated/α-hetero) is 1. The number of methoxy groups -OCH3 is 1. The van der Waals surface area contributed by atoms with Crippen molar-refractivity contribution in [2.75, 3.05) is 20.3 Å². The lowest BCUT2D eigenvalue weighted by molar-refractivity contribution is -0.120. The van der Waals surface area contributed by atoms with Crippen molar-refractivity contribution in [2.45, 2.75) is 31.6 Å². The molecule has 32 heavy (non-hydrogen) atoms. The normalized spacial score (nSPS) is 15.8. The highest BCUT2D eigenvalue weighted by Crippen LogP contribution is 2.51. The average Bonchev–Trinajstić information content (AvgIpc) is 3.62. The van der Waals surface area contributed by atoms with Crippen LogP contribution in [0.15, 0.2) is 54.6 Å². The Hall–Kier alpha value is -3.34. The maximum Gasteiger partial charge on any atom is 0.165 e. The highest BCUT2D eigenvalue weighted by molar-refractivity contribution is 5.95. The smallest absolute Gasteiger partial charge is 0.165 e. The van der Waals surface area contributed by atoms with Gasteiger partial charge in [0.2, 0.25) is 0 Å². The van der Waals surface area contributed by atoms with Crippen LogP contribution in [0.5, 0.6) is 17.2 Å². The van der Waals surface area contributed by atoms with Gasteiger partial charge in [-0.1, -0.05) is 30.3 Å². The molecule has 5 rings (SSSR count). The van der Waals surface area contributed by atoms with Gasteiger partial charge in [0.05, 0.1) is 12.5 Å². The minimum absolute atomic E-state index is 0.199. The van der Waals surface area contributed by atoms with E-state index in [0.29, 0.717) is 25.4 Å². The summed E-state index contributed by atoms with van der Waals surface area (Å²) in [6.45, 7) is 3.06. The predicted octanol–water partition coefficient (Wildman–Crippen LogP) is 5.42. The minimum Gasteiger partial charge on any atom is -0.494 e. The summed E-state index contributed by atoms with van der Waals surface area (Å²) in [5.41, 5.74) is 4.18. The molecule has 3 aromatic carbocycles. The third-order valence-corrected chi connectivity index (χ3v) is 6.51. The fraction of sp³-hybridized carbons (Fsp3) is 0.296. The van der Waals surface area contributed by atoms with Crippen LogP contribution < -0.4 is 14.2 Å². The van der Waals surface area contributed by atoms with Gasteiger partial charge in [-0.25, -0.2) is 4.39 Å². The zero-order valence-electron chi connectivity index (χ0n) is 18.2. The van der Waals surface area contributed by atoms with Crippen LogP contribution in [0.1, 0.15) is 29.5 Å². The van der Waals surface area contributed by atoms with Crippen LogP contribution in [0.25, 0.3) is 11.1 Å². The van der Waals surface area contributed by atoms with Gasteiger partial charge in [-0.2, -0.15) is 0 Å². The maximum atomic E-state index is 14.3. The number of carbonyl (C=O) groups is 1. The summed E-state index contributed by atoms with van der Waals surface area (Å²) in [6.07, 6.45) is 2.02. The van der Waals surface area contributed by atoms with Crippen molar-refractivity contribution in [3.63, 3.8) is 0 Å². The summed E-state index contributed by atoms with van der Waals surface area (Å²) in [4.78, 5) is 13.4. The van der Waals surface area contributed by atoms with Crippen molar-refractivity contribution < 1.29 is 23.4 Å². The average molecular weight is 432 g/mol. The molecule has 1 heterocycles. The lowest BCUT2D eigenvalue weighted by Gasteiger charge is -2.21. The Balaban J connectivity index is 1.40. The van der Waals surface area contributed by atoms with Gasteiger partial charge < -0.3 is 14.2 Å². The molecule has 0 atom stereocenters. The highest BCUT2D eigenvalue weighted by Gasteiger charge is 2.50. The number of fused-ring (bicyclic) bond motifs is 1. The summed E-state index contributed by atoms with van der Waals surface area (Å²) in [7, 11) is 1.45. The van der Waals surface area contributed by atoms with E-state index in [2.05, 4.69) is 0 Å². The number of benzene rings is 3. The molecular weight excluding hydrogens is 407 g/mol. The van der Waals surface area contributed by atoms with Crippen LogP contribution in [0, 0.1) is 12.7 Å². The first kappa shape index (κ1) is 20.6. The molecule has 0 bridgehead atoms. The van der Waals surface area contributed by atoms with Crippen LogP contribution in [0.2, 0.25) is 0 Å². The lowest BCUT2D eigenvalue weighted by Crippen LogP contribution is -2.23. The molecule has 1 fully saturated rings. The maximum absolute atomic E-state index is 14.3. The number of carbonyl (C=O) groups excluding carboxylic acids is 1. The zero-order valence-corrected chi connectivity index (χ0v) is 18.2. The predicted molar refractivity (Wildman–Crippen MR) is 120 cm³/mol. The Morgan fingerprint density at radius 3 is 2.50 bits per heavy atom. The first-order valence-electron chi connectivity index (χ1n) is 10.9. The second-order valence-electron chi connectivity index (χ2n) is 8.54. The van der Waals surface area contributed by atoms with Gasteiger partial charge in [0.25, 0.3) is 0 Å². The molecule has 5 heteroatoms. The van der Waals surface area contributed by atoms with Crippen molar-refractivity contribution in [1.29, 1.82) is 0 Å². The molecule has 0 spiro atoms. The lowest BCUT2D eigenvalue weighted by atomic mass is 9.86. The van der Waals surface area contributed by atoms with Crippen LogP contribution in [0.4, 0.5) is 4.39 Å². The van der Waals surface area contributed by atoms with Gasteiger partial charge in [-0.05, 0) is 71.8 Å². The molecule has 1 aliphatic heterocycles. The van der Waals surface area contributed by atoms with E-state index in [0.717, 1.165) is 46.4 Å². The number of aryl methyl sites for hydroxylation is 1. The fourth-order valence-corrected chi connectivity index (χ4v) is 4.47. The molecule has 0 amide bonds. The molecular formula is C27H25FO4. The van der Waals surface area contributed by atoms with E-state index < -0.39 is 11.2 Å². The SMILES string of the molecule is COc1ccc(-c2cc(CC(=O)C3(c4ccc5c(c4)OCCO5)CC3)ccc2C)cc1F. The van der Waals surface area contributed by atoms with Gasteiger partial charge in [0, 0.05) is 6.42 Å². The van der Waals surface area contributed by atoms with E-state index in [-0.39, 0.29) is 11.5 Å². The molecule has 164 valence electrons. The third-order valence-electron chi connectivity index (χ3n) is 6.51. The summed E-state index contributed by atoms with van der Waals surface area (Å²) in [5, 5.41) is 0. The van der Waals surface area contributed by atoms with Crippen molar-refractivity contribution in [3.05, 3.63) is 77.1 Å². The zero-order chi connectivity index (χ0) is 22.3. The second-order valence-corrected chi connectivity index (χ2v) is 8.54. The van der Waals surface area contributed by atoms with E-state index in [1.54, 1.807) is 6.07 Å². The first-order valence-corrected chi connectivity index (χ1v) is 10.9. The number of ether oxygens (including phenoxy) is 3. The molecule has 1 saturated carbocycles.